The summed E-state index contributed by atoms with van der Waals surface area (Å²) in [6.07, 6.45) is 2.85. The Hall–Kier alpha value is -3.44. The van der Waals surface area contributed by atoms with Crippen molar-refractivity contribution in [3.8, 4) is 23.3 Å². The van der Waals surface area contributed by atoms with Gasteiger partial charge in [0.2, 0.25) is 12.7 Å². The third-order valence-corrected chi connectivity index (χ3v) is 7.55. The number of benzene rings is 1. The van der Waals surface area contributed by atoms with Crippen molar-refractivity contribution in [1.82, 2.24) is 14.4 Å². The minimum Gasteiger partial charge on any atom is -0.494 e. The number of aromatic nitrogens is 1. The van der Waals surface area contributed by atoms with Crippen LogP contribution in [0.3, 0.4) is 0 Å². The molecule has 0 bridgehead atoms. The average molecular weight is 531 g/mol. The van der Waals surface area contributed by atoms with E-state index in [0.717, 1.165) is 18.4 Å². The van der Waals surface area contributed by atoms with Gasteiger partial charge in [0.25, 0.3) is 0 Å². The number of carboxylic acid groups (broad SMARTS) is 1. The Morgan fingerprint density at radius 3 is 2.47 bits per heavy atom. The molecule has 1 aromatic heterocycles. The summed E-state index contributed by atoms with van der Waals surface area (Å²) in [5.74, 6) is -1.22. The first-order valence-electron chi connectivity index (χ1n) is 13.3. The molecule has 2 aliphatic heterocycles. The van der Waals surface area contributed by atoms with Gasteiger partial charge >= 0.3 is 5.97 Å². The van der Waals surface area contributed by atoms with E-state index in [1.54, 1.807) is 6.07 Å². The number of nitrogens with zero attached hydrogens (tertiary/aromatic N) is 3. The van der Waals surface area contributed by atoms with Gasteiger partial charge in [-0.1, -0.05) is 19.4 Å². The Kier molecular flexibility index (Phi) is 9.01. The second kappa shape index (κ2) is 12.4. The van der Waals surface area contributed by atoms with E-state index in [1.807, 2.05) is 21.9 Å². The third-order valence-electron chi connectivity index (χ3n) is 7.55. The zero-order chi connectivity index (χ0) is 27.2. The molecular weight excluding hydrogens is 492 g/mol. The highest BCUT2D eigenvalue weighted by atomic mass is 16.7. The fourth-order valence-corrected chi connectivity index (χ4v) is 5.54. The van der Waals surface area contributed by atoms with Gasteiger partial charge in [-0.3, -0.25) is 19.1 Å². The Morgan fingerprint density at radius 1 is 1.08 bits per heavy atom. The molecule has 1 aromatic carbocycles. The van der Waals surface area contributed by atoms with Gasteiger partial charge in [-0.05, 0) is 43.5 Å². The van der Waals surface area contributed by atoms with Crippen LogP contribution in [0.5, 0.6) is 23.3 Å². The minimum absolute atomic E-state index is 0.0564. The van der Waals surface area contributed by atoms with Crippen LogP contribution in [0, 0.1) is 5.92 Å². The highest BCUT2D eigenvalue weighted by Gasteiger charge is 2.47. The summed E-state index contributed by atoms with van der Waals surface area (Å²) in [6, 6.07) is 7.74. The first-order chi connectivity index (χ1) is 18.3. The van der Waals surface area contributed by atoms with Crippen LogP contribution in [0.2, 0.25) is 0 Å². The molecule has 0 saturated carbocycles. The fraction of sp³-hybridized carbons (Fsp3) is 0.556. The van der Waals surface area contributed by atoms with Gasteiger partial charge in [-0.25, -0.2) is 0 Å². The van der Waals surface area contributed by atoms with Crippen molar-refractivity contribution >= 4 is 11.9 Å². The molecule has 0 aliphatic carbocycles. The molecule has 4 rings (SSSR count). The SMILES string of the molecule is CCCCN(CCCN)C(=O)CN1C[C@H](c2ccc3c(c2)OCO3)C(C(=O)O)[C@@H]1CCn1c(O)ccc1O. The molecule has 5 N–H and O–H groups in total. The molecule has 3 atom stereocenters. The number of likely N-dealkylation sites (tertiary alicyclic amines) is 1. The van der Waals surface area contributed by atoms with Gasteiger partial charge in [-0.15, -0.1) is 0 Å². The lowest BCUT2D eigenvalue weighted by atomic mass is 9.84. The predicted octanol–water partition coefficient (Wildman–Crippen LogP) is 2.16. The van der Waals surface area contributed by atoms with Gasteiger partial charge in [-0.2, -0.15) is 0 Å². The largest absolute Gasteiger partial charge is 0.494 e. The molecule has 0 spiro atoms. The van der Waals surface area contributed by atoms with E-state index in [1.165, 1.54) is 16.7 Å². The Bertz CT molecular complexity index is 1090. The van der Waals surface area contributed by atoms with Crippen LogP contribution in [0.25, 0.3) is 0 Å². The smallest absolute Gasteiger partial charge is 0.308 e. The lowest BCUT2D eigenvalue weighted by Crippen LogP contribution is -2.45. The van der Waals surface area contributed by atoms with Crippen molar-refractivity contribution in [3.05, 3.63) is 35.9 Å². The molecule has 0 radical (unpaired) electrons. The number of carbonyl (C=O) groups is 2. The molecule has 2 aliphatic rings. The predicted molar refractivity (Wildman–Crippen MR) is 139 cm³/mol. The quantitative estimate of drug-likeness (QED) is 0.305. The summed E-state index contributed by atoms with van der Waals surface area (Å²) in [5, 5.41) is 30.6. The molecule has 208 valence electrons. The summed E-state index contributed by atoms with van der Waals surface area (Å²) in [4.78, 5) is 29.9. The molecule has 11 heteroatoms. The zero-order valence-corrected chi connectivity index (χ0v) is 21.8. The van der Waals surface area contributed by atoms with Gasteiger partial charge in [0.05, 0.1) is 12.5 Å². The molecule has 1 fully saturated rings. The minimum atomic E-state index is -0.959. The maximum atomic E-state index is 13.4. The second-order valence-corrected chi connectivity index (χ2v) is 9.95. The van der Waals surface area contributed by atoms with Crippen molar-refractivity contribution in [3.63, 3.8) is 0 Å². The maximum Gasteiger partial charge on any atom is 0.308 e. The first kappa shape index (κ1) is 27.6. The lowest BCUT2D eigenvalue weighted by Gasteiger charge is -2.30. The summed E-state index contributed by atoms with van der Waals surface area (Å²) >= 11 is 0. The van der Waals surface area contributed by atoms with E-state index in [0.29, 0.717) is 50.5 Å². The Morgan fingerprint density at radius 2 is 1.79 bits per heavy atom. The van der Waals surface area contributed by atoms with Crippen molar-refractivity contribution < 1.29 is 34.4 Å². The van der Waals surface area contributed by atoms with Crippen LogP contribution in [0.4, 0.5) is 0 Å². The van der Waals surface area contributed by atoms with Gasteiger partial charge in [0, 0.05) is 50.3 Å². The Balaban J connectivity index is 1.61. The number of hydrogen-bond donors (Lipinski definition) is 4. The van der Waals surface area contributed by atoms with Crippen LogP contribution in [0.1, 0.15) is 44.1 Å². The summed E-state index contributed by atoms with van der Waals surface area (Å²) in [6.45, 7) is 4.52. The van der Waals surface area contributed by atoms with Crippen molar-refractivity contribution in [2.45, 2.75) is 51.1 Å². The number of nitrogens with two attached hydrogens (primary N) is 1. The monoisotopic (exact) mass is 530 g/mol. The molecule has 38 heavy (non-hydrogen) atoms. The highest BCUT2D eigenvalue weighted by Crippen LogP contribution is 2.43. The number of rotatable bonds is 13. The van der Waals surface area contributed by atoms with Crippen LogP contribution in [0.15, 0.2) is 30.3 Å². The molecular formula is C27H38N4O7. The number of ether oxygens (including phenoxy) is 2. The number of fused-ring (bicyclic) bond motifs is 1. The van der Waals surface area contributed by atoms with E-state index in [4.69, 9.17) is 15.2 Å². The normalized spacial score (nSPS) is 20.6. The van der Waals surface area contributed by atoms with Gasteiger partial charge in [0.15, 0.2) is 23.3 Å². The summed E-state index contributed by atoms with van der Waals surface area (Å²) in [7, 11) is 0. The standard InChI is InChI=1S/C27H38N4O7/c1-2-3-11-29(12-4-10-28)25(34)16-30-15-19(18-5-6-21-22(14-18)38-17-37-21)26(27(35)36)20(30)9-13-31-23(32)7-8-24(31)33/h5-8,14,19-20,26,32-33H,2-4,9-13,15-17,28H2,1H3,(H,35,36)/t19-,20+,26?/m1/s1. The molecule has 11 nitrogen and oxygen atoms in total. The molecule has 1 amide bonds. The van der Waals surface area contributed by atoms with Crippen LogP contribution >= 0.6 is 0 Å². The van der Waals surface area contributed by atoms with Crippen molar-refractivity contribution in [2.75, 3.05) is 39.5 Å². The number of amides is 1. The van der Waals surface area contributed by atoms with Crippen molar-refractivity contribution in [2.24, 2.45) is 11.7 Å². The number of carbonyl (C=O) groups excluding carboxylic acids is 1. The Labute approximate surface area is 222 Å². The highest BCUT2D eigenvalue weighted by molar-refractivity contribution is 5.79. The van der Waals surface area contributed by atoms with Crippen LogP contribution in [-0.2, 0) is 16.1 Å². The second-order valence-electron chi connectivity index (χ2n) is 9.95. The van der Waals surface area contributed by atoms with Crippen LogP contribution in [-0.4, -0.2) is 87.1 Å². The number of unbranched alkanes of at least 4 members (excludes halogenated alkanes) is 1. The van der Waals surface area contributed by atoms with Crippen molar-refractivity contribution in [1.29, 1.82) is 0 Å². The van der Waals surface area contributed by atoms with Crippen LogP contribution < -0.4 is 15.2 Å². The number of hydrogen-bond acceptors (Lipinski definition) is 8. The fourth-order valence-electron chi connectivity index (χ4n) is 5.54. The average Bonchev–Trinajstić information content (AvgIpc) is 3.59. The van der Waals surface area contributed by atoms with E-state index in [9.17, 15) is 24.9 Å². The lowest BCUT2D eigenvalue weighted by molar-refractivity contribution is -0.144. The maximum absolute atomic E-state index is 13.4. The summed E-state index contributed by atoms with van der Waals surface area (Å²) in [5.41, 5.74) is 6.50. The number of carboxylic acids is 1. The first-order valence-corrected chi connectivity index (χ1v) is 13.3. The molecule has 1 saturated heterocycles. The van der Waals surface area contributed by atoms with E-state index < -0.39 is 17.9 Å². The molecule has 3 heterocycles. The molecule has 1 unspecified atom stereocenters. The number of aromatic hydroxyl groups is 2. The summed E-state index contributed by atoms with van der Waals surface area (Å²) < 4.78 is 12.3. The third kappa shape index (κ3) is 5.99. The van der Waals surface area contributed by atoms with Gasteiger partial charge < -0.3 is 35.4 Å². The van der Waals surface area contributed by atoms with E-state index >= 15 is 0 Å². The zero-order valence-electron chi connectivity index (χ0n) is 21.8. The molecule has 2 aromatic rings. The topological polar surface area (TPSA) is 151 Å². The van der Waals surface area contributed by atoms with Gasteiger partial charge in [0.1, 0.15) is 0 Å². The van der Waals surface area contributed by atoms with E-state index in [-0.39, 0.29) is 43.5 Å². The number of aliphatic carboxylic acids is 1. The van der Waals surface area contributed by atoms with E-state index in [2.05, 4.69) is 6.92 Å².